The van der Waals surface area contributed by atoms with Crippen LogP contribution in [-0.4, -0.2) is 24.0 Å². The Balaban J connectivity index is 2.70. The smallest absolute Gasteiger partial charge is 0.321 e. The van der Waals surface area contributed by atoms with Gasteiger partial charge in [0.05, 0.1) is 5.69 Å². The minimum absolute atomic E-state index is 0.0819. The van der Waals surface area contributed by atoms with Crippen LogP contribution in [-0.2, 0) is 0 Å². The fraction of sp³-hybridized carbons (Fsp3) is 0.364. The maximum absolute atomic E-state index is 11.7. The summed E-state index contributed by atoms with van der Waals surface area (Å²) in [7, 11) is 0. The molecule has 0 atom stereocenters. The zero-order chi connectivity index (χ0) is 11.3. The van der Waals surface area contributed by atoms with Gasteiger partial charge in [-0.25, -0.2) is 4.79 Å². The molecule has 1 aromatic rings. The predicted molar refractivity (Wildman–Crippen MR) is 65.6 cm³/mol. The Kier molecular flexibility index (Phi) is 4.49. The van der Waals surface area contributed by atoms with E-state index in [9.17, 15) is 4.79 Å². The van der Waals surface area contributed by atoms with E-state index in [1.54, 1.807) is 4.90 Å². The first-order valence-electron chi connectivity index (χ1n) is 5.03. The van der Waals surface area contributed by atoms with Crippen LogP contribution in [0.1, 0.15) is 13.8 Å². The monoisotopic (exact) mass is 224 g/mol. The summed E-state index contributed by atoms with van der Waals surface area (Å²) in [6.45, 7) is 5.32. The molecular formula is C11H16N2OS. The summed E-state index contributed by atoms with van der Waals surface area (Å²) >= 11 is 4.27. The van der Waals surface area contributed by atoms with Gasteiger partial charge in [0.2, 0.25) is 0 Å². The number of para-hydroxylation sites is 1. The first-order chi connectivity index (χ1) is 7.19. The molecule has 0 unspecified atom stereocenters. The van der Waals surface area contributed by atoms with E-state index in [1.807, 2.05) is 38.1 Å². The Labute approximate surface area is 95.9 Å². The molecule has 15 heavy (non-hydrogen) atoms. The summed E-state index contributed by atoms with van der Waals surface area (Å²) in [6.07, 6.45) is 0. The molecule has 0 fully saturated rings. The number of rotatable bonds is 3. The number of amides is 2. The van der Waals surface area contributed by atoms with Crippen LogP contribution in [0.2, 0.25) is 0 Å². The molecule has 0 aliphatic carbocycles. The molecule has 2 amide bonds. The zero-order valence-electron chi connectivity index (χ0n) is 9.03. The van der Waals surface area contributed by atoms with E-state index in [-0.39, 0.29) is 6.03 Å². The number of urea groups is 1. The van der Waals surface area contributed by atoms with Crippen LogP contribution in [0.25, 0.3) is 0 Å². The molecule has 0 aliphatic heterocycles. The lowest BCUT2D eigenvalue weighted by Crippen LogP contribution is -2.34. The van der Waals surface area contributed by atoms with Crippen LogP contribution in [0.4, 0.5) is 10.5 Å². The molecule has 1 rings (SSSR count). The summed E-state index contributed by atoms with van der Waals surface area (Å²) in [5.41, 5.74) is 0.748. The Bertz CT molecular complexity index is 337. The Morgan fingerprint density at radius 1 is 1.33 bits per heavy atom. The number of nitrogens with zero attached hydrogens (tertiary/aromatic N) is 1. The molecule has 0 spiro atoms. The van der Waals surface area contributed by atoms with Gasteiger partial charge in [0, 0.05) is 18.0 Å². The predicted octanol–water partition coefficient (Wildman–Crippen LogP) is 2.85. The summed E-state index contributed by atoms with van der Waals surface area (Å²) in [6, 6.07) is 7.36. The molecular weight excluding hydrogens is 208 g/mol. The first-order valence-corrected chi connectivity index (χ1v) is 5.47. The van der Waals surface area contributed by atoms with E-state index in [4.69, 9.17) is 0 Å². The average Bonchev–Trinajstić information content (AvgIpc) is 2.23. The molecule has 1 aromatic carbocycles. The molecule has 82 valence electrons. The van der Waals surface area contributed by atoms with E-state index in [1.165, 1.54) is 0 Å². The van der Waals surface area contributed by atoms with Gasteiger partial charge in [0.15, 0.2) is 0 Å². The fourth-order valence-corrected chi connectivity index (χ4v) is 1.50. The SMILES string of the molecule is CCN(CC)C(=O)Nc1ccccc1S. The number of hydrogen-bond donors (Lipinski definition) is 2. The third kappa shape index (κ3) is 3.16. The number of carbonyl (C=O) groups is 1. The van der Waals surface area contributed by atoms with Gasteiger partial charge in [-0.2, -0.15) is 0 Å². The van der Waals surface area contributed by atoms with E-state index in [0.29, 0.717) is 13.1 Å². The van der Waals surface area contributed by atoms with Crippen LogP contribution < -0.4 is 5.32 Å². The van der Waals surface area contributed by atoms with Crippen molar-refractivity contribution in [2.24, 2.45) is 0 Å². The summed E-state index contributed by atoms with van der Waals surface area (Å²) in [5.74, 6) is 0. The van der Waals surface area contributed by atoms with E-state index < -0.39 is 0 Å². The molecule has 0 heterocycles. The van der Waals surface area contributed by atoms with Crippen molar-refractivity contribution in [3.63, 3.8) is 0 Å². The van der Waals surface area contributed by atoms with Crippen molar-refractivity contribution in [1.29, 1.82) is 0 Å². The largest absolute Gasteiger partial charge is 0.325 e. The van der Waals surface area contributed by atoms with Gasteiger partial charge in [0.1, 0.15) is 0 Å². The molecule has 0 bridgehead atoms. The van der Waals surface area contributed by atoms with Crippen LogP contribution in [0.15, 0.2) is 29.2 Å². The first kappa shape index (κ1) is 11.9. The lowest BCUT2D eigenvalue weighted by atomic mass is 10.3. The zero-order valence-corrected chi connectivity index (χ0v) is 9.92. The minimum atomic E-state index is -0.0819. The van der Waals surface area contributed by atoms with Crippen LogP contribution >= 0.6 is 12.6 Å². The quantitative estimate of drug-likeness (QED) is 0.760. The third-order valence-electron chi connectivity index (χ3n) is 2.20. The molecule has 0 saturated carbocycles. The van der Waals surface area contributed by atoms with Crippen LogP contribution in [0.5, 0.6) is 0 Å². The molecule has 0 aliphatic rings. The Morgan fingerprint density at radius 2 is 1.93 bits per heavy atom. The fourth-order valence-electron chi connectivity index (χ4n) is 1.28. The standard InChI is InChI=1S/C11H16N2OS/c1-3-13(4-2)11(14)12-9-7-5-6-8-10(9)15/h5-8,15H,3-4H2,1-2H3,(H,12,14). The number of benzene rings is 1. The Morgan fingerprint density at radius 3 is 2.47 bits per heavy atom. The highest BCUT2D eigenvalue weighted by molar-refractivity contribution is 7.80. The summed E-state index contributed by atoms with van der Waals surface area (Å²) < 4.78 is 0. The van der Waals surface area contributed by atoms with Gasteiger partial charge in [-0.3, -0.25) is 0 Å². The highest BCUT2D eigenvalue weighted by Crippen LogP contribution is 2.18. The molecule has 0 radical (unpaired) electrons. The third-order valence-corrected chi connectivity index (χ3v) is 2.59. The minimum Gasteiger partial charge on any atom is -0.325 e. The number of nitrogens with one attached hydrogen (secondary N) is 1. The van der Waals surface area contributed by atoms with Crippen LogP contribution in [0, 0.1) is 0 Å². The van der Waals surface area contributed by atoms with Crippen molar-refractivity contribution in [3.8, 4) is 0 Å². The van der Waals surface area contributed by atoms with E-state index in [2.05, 4.69) is 17.9 Å². The summed E-state index contributed by atoms with van der Waals surface area (Å²) in [5, 5.41) is 2.82. The van der Waals surface area contributed by atoms with Gasteiger partial charge >= 0.3 is 6.03 Å². The molecule has 0 saturated heterocycles. The average molecular weight is 224 g/mol. The van der Waals surface area contributed by atoms with E-state index >= 15 is 0 Å². The molecule has 4 heteroatoms. The highest BCUT2D eigenvalue weighted by Gasteiger charge is 2.09. The van der Waals surface area contributed by atoms with Gasteiger partial charge < -0.3 is 10.2 Å². The van der Waals surface area contributed by atoms with Gasteiger partial charge in [-0.15, -0.1) is 12.6 Å². The topological polar surface area (TPSA) is 32.3 Å². The van der Waals surface area contributed by atoms with Gasteiger partial charge in [-0.1, -0.05) is 12.1 Å². The molecule has 0 aromatic heterocycles. The van der Waals surface area contributed by atoms with Crippen LogP contribution in [0.3, 0.4) is 0 Å². The van der Waals surface area contributed by atoms with Crippen molar-refractivity contribution in [2.45, 2.75) is 18.7 Å². The molecule has 3 nitrogen and oxygen atoms in total. The number of hydrogen-bond acceptors (Lipinski definition) is 2. The lowest BCUT2D eigenvalue weighted by molar-refractivity contribution is 0.217. The Hall–Kier alpha value is -1.16. The second kappa shape index (κ2) is 5.66. The van der Waals surface area contributed by atoms with Crippen molar-refractivity contribution in [3.05, 3.63) is 24.3 Å². The number of carbonyl (C=O) groups excluding carboxylic acids is 1. The van der Waals surface area contributed by atoms with Gasteiger partial charge in [0.25, 0.3) is 0 Å². The van der Waals surface area contributed by atoms with Crippen molar-refractivity contribution >= 4 is 24.3 Å². The second-order valence-corrected chi connectivity index (χ2v) is 3.60. The second-order valence-electron chi connectivity index (χ2n) is 3.12. The summed E-state index contributed by atoms with van der Waals surface area (Å²) in [4.78, 5) is 14.2. The van der Waals surface area contributed by atoms with Gasteiger partial charge in [-0.05, 0) is 26.0 Å². The highest BCUT2D eigenvalue weighted by atomic mass is 32.1. The number of anilines is 1. The van der Waals surface area contributed by atoms with Crippen molar-refractivity contribution in [1.82, 2.24) is 4.90 Å². The maximum atomic E-state index is 11.7. The van der Waals surface area contributed by atoms with Crippen molar-refractivity contribution < 1.29 is 4.79 Å². The normalized spacial score (nSPS) is 9.80. The maximum Gasteiger partial charge on any atom is 0.321 e. The van der Waals surface area contributed by atoms with Crippen molar-refractivity contribution in [2.75, 3.05) is 18.4 Å². The molecule has 1 N–H and O–H groups in total. The number of thiol groups is 1. The van der Waals surface area contributed by atoms with E-state index in [0.717, 1.165) is 10.6 Å². The lowest BCUT2D eigenvalue weighted by Gasteiger charge is -2.19.